The summed E-state index contributed by atoms with van der Waals surface area (Å²) in [7, 11) is 0. The fourth-order valence-electron chi connectivity index (χ4n) is 1.73. The van der Waals surface area contributed by atoms with Crippen LogP contribution in [0.15, 0.2) is 42.5 Å². The summed E-state index contributed by atoms with van der Waals surface area (Å²) in [5.41, 5.74) is 0.887. The Balaban J connectivity index is 2.06. The van der Waals surface area contributed by atoms with Gasteiger partial charge in [0.2, 0.25) is 0 Å². The molecule has 2 nitrogen and oxygen atoms in total. The van der Waals surface area contributed by atoms with Gasteiger partial charge in [-0.3, -0.25) is 0 Å². The minimum Gasteiger partial charge on any atom is -0.489 e. The molecule has 100 valence electrons. The molecule has 0 aliphatic carbocycles. The van der Waals surface area contributed by atoms with E-state index in [4.69, 9.17) is 4.74 Å². The molecule has 0 bridgehead atoms. The van der Waals surface area contributed by atoms with Crippen molar-refractivity contribution in [1.29, 1.82) is 0 Å². The Morgan fingerprint density at radius 3 is 2.58 bits per heavy atom. The molecule has 0 aliphatic heterocycles. The Labute approximate surface area is 110 Å². The van der Waals surface area contributed by atoms with Crippen LogP contribution in [0.25, 0.3) is 0 Å². The average Bonchev–Trinajstić information content (AvgIpc) is 2.36. The van der Waals surface area contributed by atoms with Crippen LogP contribution in [0.1, 0.15) is 24.2 Å². The summed E-state index contributed by atoms with van der Waals surface area (Å²) in [5, 5.41) is 9.31. The van der Waals surface area contributed by atoms with Crippen LogP contribution in [0, 0.1) is 11.6 Å². The van der Waals surface area contributed by atoms with Gasteiger partial charge in [-0.25, -0.2) is 8.78 Å². The molecule has 0 saturated heterocycles. The highest BCUT2D eigenvalue weighted by atomic mass is 19.1. The number of hydrogen-bond donors (Lipinski definition) is 1. The van der Waals surface area contributed by atoms with Gasteiger partial charge < -0.3 is 9.84 Å². The maximum atomic E-state index is 13.6. The highest BCUT2D eigenvalue weighted by molar-refractivity contribution is 5.30. The lowest BCUT2D eigenvalue weighted by atomic mass is 10.1. The molecule has 0 fully saturated rings. The lowest BCUT2D eigenvalue weighted by Crippen LogP contribution is -1.99. The zero-order valence-corrected chi connectivity index (χ0v) is 10.4. The van der Waals surface area contributed by atoms with Gasteiger partial charge in [-0.15, -0.1) is 0 Å². The Morgan fingerprint density at radius 2 is 1.95 bits per heavy atom. The predicted octanol–water partition coefficient (Wildman–Crippen LogP) is 3.60. The fourth-order valence-corrected chi connectivity index (χ4v) is 1.73. The van der Waals surface area contributed by atoms with E-state index in [0.29, 0.717) is 11.3 Å². The van der Waals surface area contributed by atoms with Crippen LogP contribution in [-0.2, 0) is 6.61 Å². The van der Waals surface area contributed by atoms with Crippen molar-refractivity contribution in [3.8, 4) is 5.75 Å². The summed E-state index contributed by atoms with van der Waals surface area (Å²) < 4.78 is 31.9. The van der Waals surface area contributed by atoms with Gasteiger partial charge in [0.15, 0.2) is 0 Å². The van der Waals surface area contributed by atoms with Gasteiger partial charge in [0, 0.05) is 11.6 Å². The van der Waals surface area contributed by atoms with E-state index in [1.807, 2.05) is 0 Å². The summed E-state index contributed by atoms with van der Waals surface area (Å²) in [5.74, 6) is -0.519. The molecular weight excluding hydrogens is 250 g/mol. The maximum Gasteiger partial charge on any atom is 0.132 e. The van der Waals surface area contributed by atoms with E-state index < -0.39 is 11.9 Å². The van der Waals surface area contributed by atoms with E-state index in [9.17, 15) is 13.9 Å². The molecule has 4 heteroatoms. The minimum atomic E-state index is -0.864. The molecule has 0 unspecified atom stereocenters. The zero-order valence-electron chi connectivity index (χ0n) is 10.4. The summed E-state index contributed by atoms with van der Waals surface area (Å²) in [4.78, 5) is 0. The Hall–Kier alpha value is -1.94. The van der Waals surface area contributed by atoms with Crippen LogP contribution < -0.4 is 4.74 Å². The largest absolute Gasteiger partial charge is 0.489 e. The Morgan fingerprint density at radius 1 is 1.16 bits per heavy atom. The zero-order chi connectivity index (χ0) is 13.8. The third-order valence-corrected chi connectivity index (χ3v) is 2.72. The molecule has 0 heterocycles. The minimum absolute atomic E-state index is 0.158. The third-order valence-electron chi connectivity index (χ3n) is 2.72. The molecule has 0 aliphatic rings. The Kier molecular flexibility index (Phi) is 4.12. The molecule has 2 aromatic carbocycles. The van der Waals surface area contributed by atoms with Crippen molar-refractivity contribution in [2.24, 2.45) is 0 Å². The normalized spacial score (nSPS) is 12.2. The van der Waals surface area contributed by atoms with E-state index >= 15 is 0 Å². The van der Waals surface area contributed by atoms with Crippen molar-refractivity contribution < 1.29 is 18.6 Å². The smallest absolute Gasteiger partial charge is 0.132 e. The lowest BCUT2D eigenvalue weighted by molar-refractivity contribution is 0.194. The summed E-state index contributed by atoms with van der Waals surface area (Å²) in [6.07, 6.45) is -0.864. The third kappa shape index (κ3) is 3.51. The van der Waals surface area contributed by atoms with Gasteiger partial charge in [0.1, 0.15) is 24.0 Å². The molecular formula is C15H14F2O2. The van der Waals surface area contributed by atoms with Crippen molar-refractivity contribution in [2.45, 2.75) is 19.6 Å². The van der Waals surface area contributed by atoms with Crippen molar-refractivity contribution >= 4 is 0 Å². The van der Waals surface area contributed by atoms with Gasteiger partial charge in [-0.1, -0.05) is 12.1 Å². The van der Waals surface area contributed by atoms with E-state index in [1.54, 1.807) is 18.2 Å². The monoisotopic (exact) mass is 264 g/mol. The molecule has 2 rings (SSSR count). The molecule has 0 aromatic heterocycles. The molecule has 0 saturated carbocycles. The topological polar surface area (TPSA) is 29.5 Å². The van der Waals surface area contributed by atoms with Crippen LogP contribution in [0.3, 0.4) is 0 Å². The van der Waals surface area contributed by atoms with Crippen molar-refractivity contribution in [1.82, 2.24) is 0 Å². The second-order valence-corrected chi connectivity index (χ2v) is 4.28. The highest BCUT2D eigenvalue weighted by Crippen LogP contribution is 2.22. The predicted molar refractivity (Wildman–Crippen MR) is 67.8 cm³/mol. The molecule has 0 radical (unpaired) electrons. The van der Waals surface area contributed by atoms with E-state index in [1.165, 1.54) is 31.2 Å². The second-order valence-electron chi connectivity index (χ2n) is 4.28. The van der Waals surface area contributed by atoms with Crippen LogP contribution >= 0.6 is 0 Å². The van der Waals surface area contributed by atoms with Crippen molar-refractivity contribution in [3.05, 3.63) is 65.2 Å². The first-order valence-corrected chi connectivity index (χ1v) is 5.91. The van der Waals surface area contributed by atoms with Gasteiger partial charge >= 0.3 is 0 Å². The standard InChI is InChI=1S/C15H14F2O2/c1-10(18)14-6-5-13(8-15(14)17)19-9-11-3-2-4-12(16)7-11/h2-8,10,18H,9H2,1H3/t10-/m1/s1. The molecule has 1 atom stereocenters. The molecule has 2 aromatic rings. The summed E-state index contributed by atoms with van der Waals surface area (Å²) in [6, 6.07) is 10.3. The van der Waals surface area contributed by atoms with E-state index in [2.05, 4.69) is 0 Å². The first-order chi connectivity index (χ1) is 9.06. The average molecular weight is 264 g/mol. The van der Waals surface area contributed by atoms with E-state index in [-0.39, 0.29) is 18.0 Å². The summed E-state index contributed by atoms with van der Waals surface area (Å²) in [6.45, 7) is 1.65. The first-order valence-electron chi connectivity index (χ1n) is 5.91. The van der Waals surface area contributed by atoms with Crippen molar-refractivity contribution in [2.75, 3.05) is 0 Å². The molecule has 19 heavy (non-hydrogen) atoms. The number of benzene rings is 2. The van der Waals surface area contributed by atoms with Gasteiger partial charge in [-0.05, 0) is 36.8 Å². The number of ether oxygens (including phenoxy) is 1. The van der Waals surface area contributed by atoms with E-state index in [0.717, 1.165) is 0 Å². The van der Waals surface area contributed by atoms with Crippen molar-refractivity contribution in [3.63, 3.8) is 0 Å². The fraction of sp³-hybridized carbons (Fsp3) is 0.200. The van der Waals surface area contributed by atoms with Crippen LogP contribution in [0.4, 0.5) is 8.78 Å². The van der Waals surface area contributed by atoms with Gasteiger partial charge in [0.05, 0.1) is 6.10 Å². The van der Waals surface area contributed by atoms with Gasteiger partial charge in [-0.2, -0.15) is 0 Å². The van der Waals surface area contributed by atoms with Crippen LogP contribution in [-0.4, -0.2) is 5.11 Å². The molecule has 1 N–H and O–H groups in total. The molecule has 0 amide bonds. The Bertz CT molecular complexity index is 568. The second kappa shape index (κ2) is 5.80. The number of aliphatic hydroxyl groups excluding tert-OH is 1. The van der Waals surface area contributed by atoms with Gasteiger partial charge in [0.25, 0.3) is 0 Å². The maximum absolute atomic E-state index is 13.6. The number of halogens is 2. The number of rotatable bonds is 4. The molecule has 0 spiro atoms. The summed E-state index contributed by atoms with van der Waals surface area (Å²) >= 11 is 0. The quantitative estimate of drug-likeness (QED) is 0.914. The number of aliphatic hydroxyl groups is 1. The first kappa shape index (κ1) is 13.5. The lowest BCUT2D eigenvalue weighted by Gasteiger charge is -2.10. The van der Waals surface area contributed by atoms with Crippen LogP contribution in [0.2, 0.25) is 0 Å². The highest BCUT2D eigenvalue weighted by Gasteiger charge is 2.09. The SMILES string of the molecule is C[C@@H](O)c1ccc(OCc2cccc(F)c2)cc1F. The number of hydrogen-bond acceptors (Lipinski definition) is 2. The van der Waals surface area contributed by atoms with Crippen LogP contribution in [0.5, 0.6) is 5.75 Å².